The summed E-state index contributed by atoms with van der Waals surface area (Å²) in [7, 11) is 0. The third-order valence-corrected chi connectivity index (χ3v) is 7.37. The van der Waals surface area contributed by atoms with Crippen LogP contribution in [0.25, 0.3) is 0 Å². The van der Waals surface area contributed by atoms with E-state index in [1.807, 2.05) is 6.92 Å². The van der Waals surface area contributed by atoms with Gasteiger partial charge in [0.2, 0.25) is 5.79 Å². The lowest BCUT2D eigenvalue weighted by Crippen LogP contribution is -2.46. The summed E-state index contributed by atoms with van der Waals surface area (Å²) in [5.41, 5.74) is 1.79. The summed E-state index contributed by atoms with van der Waals surface area (Å²) in [6.45, 7) is 9.24. The quantitative estimate of drug-likeness (QED) is 0.522. The summed E-state index contributed by atoms with van der Waals surface area (Å²) in [5, 5.41) is 22.0. The first-order valence-corrected chi connectivity index (χ1v) is 9.33. The number of aliphatic hydroxyl groups excluding tert-OH is 1. The van der Waals surface area contributed by atoms with Gasteiger partial charge in [-0.2, -0.15) is 0 Å². The molecule has 0 saturated carbocycles. The van der Waals surface area contributed by atoms with Gasteiger partial charge in [0.25, 0.3) is 0 Å². The summed E-state index contributed by atoms with van der Waals surface area (Å²) < 4.78 is 11.9. The van der Waals surface area contributed by atoms with Gasteiger partial charge in [-0.15, -0.1) is 0 Å². The minimum Gasteiger partial charge on any atom is -0.512 e. The molecule has 4 nitrogen and oxygen atoms in total. The molecular weight excluding hydrogens is 304 g/mol. The molecule has 0 aromatic heterocycles. The Labute approximate surface area is 144 Å². The van der Waals surface area contributed by atoms with Gasteiger partial charge in [0.15, 0.2) is 0 Å². The topological polar surface area (TPSA) is 62.2 Å². The van der Waals surface area contributed by atoms with Crippen molar-refractivity contribution in [3.63, 3.8) is 0 Å². The molecule has 4 rings (SSSR count). The number of rotatable bonds is 0. The second-order valence-electron chi connectivity index (χ2n) is 8.93. The van der Waals surface area contributed by atoms with E-state index in [0.717, 1.165) is 25.7 Å². The Bertz CT molecular complexity index is 623. The first-order valence-electron chi connectivity index (χ1n) is 9.33. The SMILES string of the molecule is C/C1=C/CC[C@]2(C)O[C@H]2C2(O)OC[C@@H]3C2=C(O)C[C@H](C)[C@@]3(C)CC1. The Kier molecular flexibility index (Phi) is 3.52. The Morgan fingerprint density at radius 3 is 2.75 bits per heavy atom. The van der Waals surface area contributed by atoms with Crippen LogP contribution >= 0.6 is 0 Å². The number of aliphatic hydroxyl groups is 2. The monoisotopic (exact) mass is 334 g/mol. The summed E-state index contributed by atoms with van der Waals surface area (Å²) in [5.74, 6) is -0.707. The van der Waals surface area contributed by atoms with Gasteiger partial charge in [0.1, 0.15) is 6.10 Å². The summed E-state index contributed by atoms with van der Waals surface area (Å²) in [6.07, 6.45) is 6.50. The van der Waals surface area contributed by atoms with Crippen molar-refractivity contribution in [2.45, 2.75) is 77.3 Å². The zero-order valence-electron chi connectivity index (χ0n) is 15.3. The van der Waals surface area contributed by atoms with E-state index < -0.39 is 5.79 Å². The van der Waals surface area contributed by atoms with Gasteiger partial charge >= 0.3 is 0 Å². The molecule has 24 heavy (non-hydrogen) atoms. The van der Waals surface area contributed by atoms with Crippen LogP contribution in [-0.2, 0) is 9.47 Å². The number of allylic oxidation sites excluding steroid dienone is 3. The normalized spacial score (nSPS) is 53.5. The maximum atomic E-state index is 11.3. The van der Waals surface area contributed by atoms with Gasteiger partial charge in [-0.05, 0) is 50.9 Å². The lowest BCUT2D eigenvalue weighted by atomic mass is 9.58. The van der Waals surface area contributed by atoms with Crippen LogP contribution in [0.1, 0.15) is 59.8 Å². The van der Waals surface area contributed by atoms with E-state index in [-0.39, 0.29) is 23.0 Å². The van der Waals surface area contributed by atoms with E-state index in [0.29, 0.717) is 30.3 Å². The summed E-state index contributed by atoms with van der Waals surface area (Å²) in [4.78, 5) is 0. The molecule has 2 aliphatic heterocycles. The fourth-order valence-corrected chi connectivity index (χ4v) is 5.26. The third kappa shape index (κ3) is 2.16. The van der Waals surface area contributed by atoms with Gasteiger partial charge < -0.3 is 19.7 Å². The molecule has 4 aliphatic rings. The number of hydrogen-bond donors (Lipinski definition) is 2. The van der Waals surface area contributed by atoms with Crippen LogP contribution in [0.4, 0.5) is 0 Å². The molecule has 2 aliphatic carbocycles. The van der Waals surface area contributed by atoms with Gasteiger partial charge in [0.05, 0.1) is 18.0 Å². The summed E-state index contributed by atoms with van der Waals surface area (Å²) >= 11 is 0. The van der Waals surface area contributed by atoms with Crippen molar-refractivity contribution in [3.05, 3.63) is 23.0 Å². The molecule has 2 N–H and O–H groups in total. The van der Waals surface area contributed by atoms with E-state index in [1.54, 1.807) is 0 Å². The van der Waals surface area contributed by atoms with E-state index >= 15 is 0 Å². The first kappa shape index (κ1) is 16.6. The average molecular weight is 334 g/mol. The van der Waals surface area contributed by atoms with Crippen molar-refractivity contribution >= 4 is 0 Å². The highest BCUT2D eigenvalue weighted by Crippen LogP contribution is 2.61. The summed E-state index contributed by atoms with van der Waals surface area (Å²) in [6, 6.07) is 0. The largest absolute Gasteiger partial charge is 0.512 e. The van der Waals surface area contributed by atoms with Crippen molar-refractivity contribution in [2.75, 3.05) is 6.61 Å². The van der Waals surface area contributed by atoms with Crippen LogP contribution in [0.3, 0.4) is 0 Å². The highest BCUT2D eigenvalue weighted by Gasteiger charge is 2.70. The molecule has 0 spiro atoms. The Balaban J connectivity index is 1.81. The van der Waals surface area contributed by atoms with Crippen molar-refractivity contribution in [3.8, 4) is 0 Å². The van der Waals surface area contributed by atoms with Crippen LogP contribution < -0.4 is 0 Å². The Hall–Kier alpha value is -0.840. The minimum atomic E-state index is -1.46. The Morgan fingerprint density at radius 1 is 1.25 bits per heavy atom. The van der Waals surface area contributed by atoms with Crippen molar-refractivity contribution in [1.82, 2.24) is 0 Å². The zero-order valence-corrected chi connectivity index (χ0v) is 15.3. The van der Waals surface area contributed by atoms with Crippen LogP contribution in [0.5, 0.6) is 0 Å². The number of hydrogen-bond acceptors (Lipinski definition) is 4. The highest BCUT2D eigenvalue weighted by molar-refractivity contribution is 5.35. The maximum absolute atomic E-state index is 11.3. The smallest absolute Gasteiger partial charge is 0.222 e. The van der Waals surface area contributed by atoms with Crippen LogP contribution in [0.15, 0.2) is 23.0 Å². The van der Waals surface area contributed by atoms with E-state index in [1.165, 1.54) is 5.57 Å². The van der Waals surface area contributed by atoms with Gasteiger partial charge in [-0.1, -0.05) is 25.5 Å². The Morgan fingerprint density at radius 2 is 2.00 bits per heavy atom. The zero-order chi connectivity index (χ0) is 17.3. The number of epoxide rings is 1. The molecule has 2 fully saturated rings. The molecule has 134 valence electrons. The van der Waals surface area contributed by atoms with Crippen LogP contribution in [0.2, 0.25) is 0 Å². The minimum absolute atomic E-state index is 0.0195. The number of ether oxygens (including phenoxy) is 2. The molecule has 6 atom stereocenters. The van der Waals surface area contributed by atoms with Crippen molar-refractivity contribution < 1.29 is 19.7 Å². The molecule has 4 bridgehead atoms. The van der Waals surface area contributed by atoms with Gasteiger partial charge in [-0.3, -0.25) is 0 Å². The molecular formula is C20H30O4. The third-order valence-electron chi connectivity index (χ3n) is 7.37. The second kappa shape index (κ2) is 5.09. The molecule has 4 heteroatoms. The van der Waals surface area contributed by atoms with Crippen LogP contribution in [0, 0.1) is 17.3 Å². The molecule has 0 amide bonds. The first-order chi connectivity index (χ1) is 11.2. The van der Waals surface area contributed by atoms with Gasteiger partial charge in [-0.25, -0.2) is 0 Å². The van der Waals surface area contributed by atoms with E-state index in [2.05, 4.69) is 26.8 Å². The standard InChI is InChI=1S/C20H30O4/c1-12-6-5-8-19(4)17(24-19)20(22)16-14(11-23-20)18(3,9-7-12)13(2)10-15(16)21/h6,13-14,17,21-22H,5,7-11H2,1-4H3/b12-6-/t13-,14+,17+,18+,19-,20?/m0/s1. The number of fused-ring (bicyclic) bond motifs is 2. The van der Waals surface area contributed by atoms with Crippen molar-refractivity contribution in [2.24, 2.45) is 17.3 Å². The highest BCUT2D eigenvalue weighted by atomic mass is 16.7. The molecule has 0 aromatic carbocycles. The predicted molar refractivity (Wildman–Crippen MR) is 91.4 cm³/mol. The fraction of sp³-hybridized carbons (Fsp3) is 0.800. The lowest BCUT2D eigenvalue weighted by molar-refractivity contribution is -0.163. The molecule has 2 heterocycles. The lowest BCUT2D eigenvalue weighted by Gasteiger charge is -2.45. The van der Waals surface area contributed by atoms with E-state index in [9.17, 15) is 10.2 Å². The van der Waals surface area contributed by atoms with E-state index in [4.69, 9.17) is 9.47 Å². The molecule has 2 saturated heterocycles. The van der Waals surface area contributed by atoms with Crippen molar-refractivity contribution in [1.29, 1.82) is 0 Å². The second-order valence-corrected chi connectivity index (χ2v) is 8.93. The molecule has 0 radical (unpaired) electrons. The molecule has 1 unspecified atom stereocenters. The maximum Gasteiger partial charge on any atom is 0.222 e. The fourth-order valence-electron chi connectivity index (χ4n) is 5.26. The average Bonchev–Trinajstić information content (AvgIpc) is 3.05. The molecule has 0 aromatic rings. The predicted octanol–water partition coefficient (Wildman–Crippen LogP) is 3.86. The van der Waals surface area contributed by atoms with Gasteiger partial charge in [0, 0.05) is 17.9 Å². The van der Waals surface area contributed by atoms with Crippen LogP contribution in [-0.4, -0.2) is 34.3 Å².